The highest BCUT2D eigenvalue weighted by Gasteiger charge is 2.48. The molecule has 146 valence electrons. The lowest BCUT2D eigenvalue weighted by atomic mass is 9.78. The number of carbonyl (C=O) groups excluding carboxylic acids is 2. The number of aryl methyl sites for hydroxylation is 1. The zero-order valence-electron chi connectivity index (χ0n) is 16.1. The number of hydrogen-bond acceptors (Lipinski definition) is 5. The highest BCUT2D eigenvalue weighted by molar-refractivity contribution is 6.01. The first-order valence-corrected chi connectivity index (χ1v) is 9.13. The van der Waals surface area contributed by atoms with E-state index in [1.807, 2.05) is 42.1 Å². The molecule has 0 radical (unpaired) electrons. The highest BCUT2D eigenvalue weighted by atomic mass is 16.6. The summed E-state index contributed by atoms with van der Waals surface area (Å²) in [5.74, 6) is -1.22. The van der Waals surface area contributed by atoms with Crippen LogP contribution in [0.5, 0.6) is 0 Å². The normalized spacial score (nSPS) is 11.9. The Morgan fingerprint density at radius 3 is 2.33 bits per heavy atom. The molecule has 0 aliphatic rings. The molecule has 0 aliphatic carbocycles. The molecule has 0 amide bonds. The molecule has 0 aliphatic heterocycles. The molecule has 2 aromatic rings. The molecule has 0 unspecified atom stereocenters. The van der Waals surface area contributed by atoms with Crippen LogP contribution >= 0.6 is 0 Å². The largest absolute Gasteiger partial charge is 0.465 e. The summed E-state index contributed by atoms with van der Waals surface area (Å²) in [6.45, 7) is 3.57. The third-order valence-electron chi connectivity index (χ3n) is 4.54. The van der Waals surface area contributed by atoms with Gasteiger partial charge in [-0.1, -0.05) is 30.4 Å². The van der Waals surface area contributed by atoms with Gasteiger partial charge in [-0.2, -0.15) is 0 Å². The molecule has 1 heterocycles. The summed E-state index contributed by atoms with van der Waals surface area (Å²) in [6.07, 6.45) is 5.30. The minimum absolute atomic E-state index is 0.0917. The number of aliphatic hydroxyl groups is 1. The van der Waals surface area contributed by atoms with Crippen LogP contribution in [0, 0.1) is 5.41 Å². The van der Waals surface area contributed by atoms with Crippen LogP contribution in [0.15, 0.2) is 42.6 Å². The lowest BCUT2D eigenvalue weighted by Crippen LogP contribution is -2.43. The van der Waals surface area contributed by atoms with Crippen LogP contribution in [-0.2, 0) is 32.5 Å². The molecule has 27 heavy (non-hydrogen) atoms. The number of aromatic nitrogens is 1. The summed E-state index contributed by atoms with van der Waals surface area (Å²) >= 11 is 0. The van der Waals surface area contributed by atoms with Gasteiger partial charge in [0.1, 0.15) is 0 Å². The fourth-order valence-electron chi connectivity index (χ4n) is 3.26. The molecule has 0 bridgehead atoms. The molecule has 6 heteroatoms. The Morgan fingerprint density at radius 2 is 1.74 bits per heavy atom. The second-order valence-electron chi connectivity index (χ2n) is 6.34. The summed E-state index contributed by atoms with van der Waals surface area (Å²) in [5, 5.41) is 10.0. The van der Waals surface area contributed by atoms with Crippen LogP contribution in [0.1, 0.15) is 25.8 Å². The number of para-hydroxylation sites is 1. The average molecular weight is 373 g/mol. The minimum atomic E-state index is -1.50. The summed E-state index contributed by atoms with van der Waals surface area (Å²) in [4.78, 5) is 25.8. The van der Waals surface area contributed by atoms with Gasteiger partial charge in [-0.25, -0.2) is 0 Å². The predicted octanol–water partition coefficient (Wildman–Crippen LogP) is 2.77. The van der Waals surface area contributed by atoms with Crippen LogP contribution in [0.25, 0.3) is 10.9 Å². The van der Waals surface area contributed by atoms with Gasteiger partial charge in [0.15, 0.2) is 5.41 Å². The second-order valence-corrected chi connectivity index (χ2v) is 6.34. The number of rotatable bonds is 9. The Labute approximate surface area is 159 Å². The Bertz CT molecular complexity index is 803. The number of fused-ring (bicyclic) bond motifs is 1. The standard InChI is InChI=1S/C21H27NO5/c1-4-26-19(24)21(12-8-9-13-23,20(25)27-5-2)14-16-15-22(3)18-11-7-6-10-17(16)18/h6-11,15,23H,4-5,12-14H2,1-3H3/b9-8-. The SMILES string of the molecule is CCOC(=O)C(C/C=C\CO)(Cc1cn(C)c2ccccc12)C(=O)OCC. The number of hydrogen-bond donors (Lipinski definition) is 1. The molecule has 1 aromatic carbocycles. The molecule has 0 saturated carbocycles. The first-order valence-electron chi connectivity index (χ1n) is 9.13. The Hall–Kier alpha value is -2.60. The zero-order valence-corrected chi connectivity index (χ0v) is 16.1. The predicted molar refractivity (Wildman–Crippen MR) is 103 cm³/mol. The number of ether oxygens (including phenoxy) is 2. The van der Waals surface area contributed by atoms with Crippen LogP contribution in [-0.4, -0.2) is 41.4 Å². The Balaban J connectivity index is 2.55. The number of aliphatic hydroxyl groups excluding tert-OH is 1. The van der Waals surface area contributed by atoms with Crippen molar-refractivity contribution < 1.29 is 24.2 Å². The van der Waals surface area contributed by atoms with Gasteiger partial charge < -0.3 is 19.1 Å². The van der Waals surface area contributed by atoms with E-state index in [0.717, 1.165) is 16.5 Å². The van der Waals surface area contributed by atoms with Gasteiger partial charge in [0, 0.05) is 30.6 Å². The van der Waals surface area contributed by atoms with E-state index in [-0.39, 0.29) is 32.7 Å². The number of esters is 2. The van der Waals surface area contributed by atoms with Crippen molar-refractivity contribution in [1.29, 1.82) is 0 Å². The van der Waals surface area contributed by atoms with Gasteiger partial charge in [-0.3, -0.25) is 9.59 Å². The average Bonchev–Trinajstić information content (AvgIpc) is 2.97. The van der Waals surface area contributed by atoms with Crippen molar-refractivity contribution in [2.24, 2.45) is 12.5 Å². The number of benzene rings is 1. The van der Waals surface area contributed by atoms with Gasteiger partial charge in [-0.05, 0) is 31.9 Å². The van der Waals surface area contributed by atoms with Crippen molar-refractivity contribution in [3.8, 4) is 0 Å². The van der Waals surface area contributed by atoms with Gasteiger partial charge in [0.2, 0.25) is 0 Å². The fourth-order valence-corrected chi connectivity index (χ4v) is 3.26. The molecule has 1 N–H and O–H groups in total. The Morgan fingerprint density at radius 1 is 1.11 bits per heavy atom. The van der Waals surface area contributed by atoms with Crippen LogP contribution in [0.2, 0.25) is 0 Å². The smallest absolute Gasteiger partial charge is 0.324 e. The quantitative estimate of drug-likeness (QED) is 0.415. The maximum Gasteiger partial charge on any atom is 0.324 e. The van der Waals surface area contributed by atoms with Crippen molar-refractivity contribution in [1.82, 2.24) is 4.57 Å². The second kappa shape index (κ2) is 9.37. The summed E-state index contributed by atoms with van der Waals surface area (Å²) in [6, 6.07) is 7.82. The zero-order chi connectivity index (χ0) is 19.9. The summed E-state index contributed by atoms with van der Waals surface area (Å²) < 4.78 is 12.5. The van der Waals surface area contributed by atoms with Crippen LogP contribution < -0.4 is 0 Å². The highest BCUT2D eigenvalue weighted by Crippen LogP contribution is 2.35. The fraction of sp³-hybridized carbons (Fsp3) is 0.429. The maximum atomic E-state index is 12.9. The van der Waals surface area contributed by atoms with Crippen molar-refractivity contribution in [3.05, 3.63) is 48.2 Å². The van der Waals surface area contributed by atoms with Crippen molar-refractivity contribution in [3.63, 3.8) is 0 Å². The van der Waals surface area contributed by atoms with E-state index in [1.165, 1.54) is 6.08 Å². The molecule has 6 nitrogen and oxygen atoms in total. The van der Waals surface area contributed by atoms with E-state index in [1.54, 1.807) is 19.9 Å². The van der Waals surface area contributed by atoms with Crippen LogP contribution in [0.3, 0.4) is 0 Å². The first-order chi connectivity index (χ1) is 13.0. The molecule has 0 spiro atoms. The number of nitrogens with zero attached hydrogens (tertiary/aromatic N) is 1. The van der Waals surface area contributed by atoms with E-state index in [0.29, 0.717) is 0 Å². The lowest BCUT2D eigenvalue weighted by molar-refractivity contribution is -0.171. The summed E-state index contributed by atoms with van der Waals surface area (Å²) in [7, 11) is 1.92. The Kier molecular flexibility index (Phi) is 7.19. The maximum absolute atomic E-state index is 12.9. The molecular weight excluding hydrogens is 346 g/mol. The van der Waals surface area contributed by atoms with Gasteiger partial charge in [0.05, 0.1) is 19.8 Å². The molecule has 1 aromatic heterocycles. The topological polar surface area (TPSA) is 77.8 Å². The first kappa shape index (κ1) is 20.7. The van der Waals surface area contributed by atoms with Gasteiger partial charge in [-0.15, -0.1) is 0 Å². The van der Waals surface area contributed by atoms with E-state index in [4.69, 9.17) is 14.6 Å². The number of carbonyl (C=O) groups is 2. The van der Waals surface area contributed by atoms with Gasteiger partial charge in [0.25, 0.3) is 0 Å². The van der Waals surface area contributed by atoms with Crippen molar-refractivity contribution >= 4 is 22.8 Å². The van der Waals surface area contributed by atoms with Gasteiger partial charge >= 0.3 is 11.9 Å². The van der Waals surface area contributed by atoms with E-state index < -0.39 is 17.4 Å². The van der Waals surface area contributed by atoms with Crippen molar-refractivity contribution in [2.45, 2.75) is 26.7 Å². The van der Waals surface area contributed by atoms with E-state index >= 15 is 0 Å². The van der Waals surface area contributed by atoms with Crippen molar-refractivity contribution in [2.75, 3.05) is 19.8 Å². The van der Waals surface area contributed by atoms with E-state index in [9.17, 15) is 9.59 Å². The lowest BCUT2D eigenvalue weighted by Gasteiger charge is -2.28. The molecule has 0 fully saturated rings. The number of allylic oxidation sites excluding steroid dienone is 1. The third kappa shape index (κ3) is 4.39. The molecule has 0 atom stereocenters. The monoisotopic (exact) mass is 373 g/mol. The molecule has 0 saturated heterocycles. The van der Waals surface area contributed by atoms with Crippen LogP contribution in [0.4, 0.5) is 0 Å². The molecule has 2 rings (SSSR count). The third-order valence-corrected chi connectivity index (χ3v) is 4.54. The molecular formula is C21H27NO5. The minimum Gasteiger partial charge on any atom is -0.465 e. The summed E-state index contributed by atoms with van der Waals surface area (Å²) in [5.41, 5.74) is 0.383. The van der Waals surface area contributed by atoms with E-state index in [2.05, 4.69) is 0 Å².